The zero-order chi connectivity index (χ0) is 38.0. The molecule has 8 rings (SSSR count). The van der Waals surface area contributed by atoms with Crippen LogP contribution in [-0.4, -0.2) is 9.52 Å². The van der Waals surface area contributed by atoms with Gasteiger partial charge in [0.15, 0.2) is 0 Å². The smallest absolute Gasteiger partial charge is 0.343 e. The van der Waals surface area contributed by atoms with Gasteiger partial charge in [-0.2, -0.15) is 25.0 Å². The molecule has 0 amide bonds. The molecule has 0 atom stereocenters. The second kappa shape index (κ2) is 23.8. The fourth-order valence-electron chi connectivity index (χ4n) is 6.39. The Labute approximate surface area is 348 Å². The van der Waals surface area contributed by atoms with Gasteiger partial charge in [-0.1, -0.05) is 162 Å². The first-order chi connectivity index (χ1) is 26.0. The average molecular weight is 802 g/mol. The molecule has 0 aliphatic carbocycles. The normalized spacial score (nSPS) is 10.2. The largest absolute Gasteiger partial charge is 4.00 e. The Morgan fingerprint density at radius 3 is 1.07 bits per heavy atom. The van der Waals surface area contributed by atoms with Crippen molar-refractivity contribution in [1.29, 1.82) is 0 Å². The molecule has 2 heteroatoms. The minimum absolute atomic E-state index is 0. The van der Waals surface area contributed by atoms with E-state index in [1.54, 1.807) is 0 Å². The van der Waals surface area contributed by atoms with E-state index in [1.165, 1.54) is 89.3 Å². The van der Waals surface area contributed by atoms with Crippen LogP contribution in [0.5, 0.6) is 0 Å². The van der Waals surface area contributed by atoms with Crippen LogP contribution in [0.3, 0.4) is 0 Å². The topological polar surface area (TPSA) is 0 Å². The molecule has 0 nitrogen and oxygen atoms in total. The molecule has 54 heavy (non-hydrogen) atoms. The van der Waals surface area contributed by atoms with Crippen molar-refractivity contribution in [1.82, 2.24) is 0 Å². The molecule has 0 bridgehead atoms. The zero-order valence-corrected chi connectivity index (χ0v) is 37.0. The molecular weight excluding hydrogens is 744 g/mol. The van der Waals surface area contributed by atoms with Crippen LogP contribution in [0.1, 0.15) is 64.5 Å². The Balaban J connectivity index is 0.000000226. The molecule has 0 heterocycles. The van der Waals surface area contributed by atoms with Gasteiger partial charge >= 0.3 is 26.2 Å². The molecule has 0 saturated carbocycles. The summed E-state index contributed by atoms with van der Waals surface area (Å²) >= 11 is 0. The van der Waals surface area contributed by atoms with Gasteiger partial charge in [0.2, 0.25) is 0 Å². The number of rotatable bonds is 6. The van der Waals surface area contributed by atoms with Gasteiger partial charge in [-0.25, -0.2) is 0 Å². The van der Waals surface area contributed by atoms with Crippen molar-refractivity contribution >= 4 is 52.6 Å². The van der Waals surface area contributed by atoms with Gasteiger partial charge in [0.05, 0.1) is 0 Å². The predicted octanol–water partition coefficient (Wildman–Crippen LogP) is 15.9. The van der Waals surface area contributed by atoms with Crippen molar-refractivity contribution in [2.75, 3.05) is 0 Å². The van der Waals surface area contributed by atoms with E-state index in [0.29, 0.717) is 0 Å². The van der Waals surface area contributed by atoms with Crippen LogP contribution in [0.25, 0.3) is 65.3 Å². The van der Waals surface area contributed by atoms with Gasteiger partial charge < -0.3 is 13.8 Å². The molecule has 8 aromatic rings. The summed E-state index contributed by atoms with van der Waals surface area (Å²) < 4.78 is 0. The summed E-state index contributed by atoms with van der Waals surface area (Å²) in [4.78, 5) is 0. The molecular formula is C52H58SiZr. The maximum atomic E-state index is 3.60. The summed E-state index contributed by atoms with van der Waals surface area (Å²) in [5.41, 5.74) is 8.15. The number of hydrogen-bond acceptors (Lipinski definition) is 0. The van der Waals surface area contributed by atoms with Crippen molar-refractivity contribution < 1.29 is 26.2 Å². The first kappa shape index (κ1) is 44.6. The Hall–Kier alpha value is -3.84. The Bertz CT molecular complexity index is 2090. The number of hydrogen-bond donors (Lipinski definition) is 0. The van der Waals surface area contributed by atoms with E-state index in [1.807, 2.05) is 0 Å². The molecule has 0 aromatic heterocycles. The number of fused-ring (bicyclic) bond motifs is 4. The second-order valence-corrected chi connectivity index (χ2v) is 14.3. The quantitative estimate of drug-likeness (QED) is 0.116. The third-order valence-corrected chi connectivity index (χ3v) is 9.30. The Morgan fingerprint density at radius 1 is 0.444 bits per heavy atom. The van der Waals surface area contributed by atoms with E-state index in [2.05, 4.69) is 200 Å². The average Bonchev–Trinajstić information content (AvgIpc) is 3.86. The maximum absolute atomic E-state index is 3.60. The standard InChI is InChI=1S/2C21H17.2C4H9.C2H6Si.Zr/c2*1-2-15-13-17-9-6-12-20(21(17)14-15)19-11-5-8-16-7-3-4-10-18(16)19;2*1-3-4-2;1-3-2;/h2*3-14H,2H2,1H3;2*1,3-4H2,2H3;1-2H3;/q4*-1;;+4. The van der Waals surface area contributed by atoms with Crippen molar-refractivity contribution in [2.45, 2.75) is 79.3 Å². The maximum Gasteiger partial charge on any atom is 4.00 e. The fraction of sp³-hybridized carbons (Fsp3) is 0.231. The minimum Gasteiger partial charge on any atom is -0.343 e. The Kier molecular flexibility index (Phi) is 19.7. The monoisotopic (exact) mass is 800 g/mol. The summed E-state index contributed by atoms with van der Waals surface area (Å²) in [5, 5.41) is 10.7. The van der Waals surface area contributed by atoms with Gasteiger partial charge in [-0.05, 0) is 45.5 Å². The van der Waals surface area contributed by atoms with Crippen LogP contribution in [0, 0.1) is 13.8 Å². The van der Waals surface area contributed by atoms with E-state index in [9.17, 15) is 0 Å². The van der Waals surface area contributed by atoms with Crippen molar-refractivity contribution in [3.05, 3.63) is 171 Å². The molecule has 0 fully saturated rings. The van der Waals surface area contributed by atoms with Crippen molar-refractivity contribution in [3.8, 4) is 22.3 Å². The summed E-state index contributed by atoms with van der Waals surface area (Å²) in [6, 6.07) is 52.9. The third kappa shape index (κ3) is 11.6. The summed E-state index contributed by atoms with van der Waals surface area (Å²) in [7, 11) is 1.08. The van der Waals surface area contributed by atoms with Gasteiger partial charge in [0.25, 0.3) is 0 Å². The van der Waals surface area contributed by atoms with Crippen LogP contribution in [0.2, 0.25) is 13.1 Å². The molecule has 0 unspecified atom stereocenters. The Morgan fingerprint density at radius 2 is 0.741 bits per heavy atom. The van der Waals surface area contributed by atoms with E-state index >= 15 is 0 Å². The summed E-state index contributed by atoms with van der Waals surface area (Å²) in [6.45, 7) is 20.2. The molecule has 0 aliphatic rings. The molecule has 0 saturated heterocycles. The van der Waals surface area contributed by atoms with E-state index < -0.39 is 0 Å². The minimum atomic E-state index is 0. The van der Waals surface area contributed by atoms with Crippen LogP contribution in [0.15, 0.2) is 146 Å². The zero-order valence-electron chi connectivity index (χ0n) is 33.5. The van der Waals surface area contributed by atoms with E-state index in [0.717, 1.165) is 35.2 Å². The molecule has 8 aromatic carbocycles. The molecule has 2 radical (unpaired) electrons. The number of benzene rings is 6. The van der Waals surface area contributed by atoms with Crippen LogP contribution in [-0.2, 0) is 39.0 Å². The number of unbranched alkanes of at least 4 members (excludes halogenated alkanes) is 2. The van der Waals surface area contributed by atoms with Gasteiger partial charge in [0, 0.05) is 9.52 Å². The van der Waals surface area contributed by atoms with Gasteiger partial charge in [-0.15, -0.1) is 69.1 Å². The molecule has 274 valence electrons. The first-order valence-electron chi connectivity index (χ1n) is 19.5. The fourth-order valence-corrected chi connectivity index (χ4v) is 6.39. The first-order valence-corrected chi connectivity index (χ1v) is 21.5. The van der Waals surface area contributed by atoms with E-state index in [4.69, 9.17) is 0 Å². The molecule has 0 aliphatic heterocycles. The molecule has 0 N–H and O–H groups in total. The number of aryl methyl sites for hydroxylation is 2. The molecule has 0 spiro atoms. The van der Waals surface area contributed by atoms with Crippen molar-refractivity contribution in [3.63, 3.8) is 0 Å². The predicted molar refractivity (Wildman–Crippen MR) is 242 cm³/mol. The van der Waals surface area contributed by atoms with E-state index in [-0.39, 0.29) is 26.2 Å². The van der Waals surface area contributed by atoms with Crippen LogP contribution in [0.4, 0.5) is 0 Å². The van der Waals surface area contributed by atoms with Crippen LogP contribution < -0.4 is 0 Å². The SMILES string of the molecule is CCc1cc2c(-c3cccc4ccccc34)cccc2[cH-]1.CCc1cc2c(-c3cccc4ccccc34)cccc2[cH-]1.C[Si]C.[CH2-]CCC.[CH2-]CCC.[Zr+4]. The van der Waals surface area contributed by atoms with Gasteiger partial charge in [0.1, 0.15) is 0 Å². The second-order valence-electron chi connectivity index (χ2n) is 13.3. The van der Waals surface area contributed by atoms with Gasteiger partial charge in [-0.3, -0.25) is 0 Å². The summed E-state index contributed by atoms with van der Waals surface area (Å²) in [5.74, 6) is 0. The third-order valence-electron chi connectivity index (χ3n) is 9.30. The van der Waals surface area contributed by atoms with Crippen LogP contribution >= 0.6 is 0 Å². The van der Waals surface area contributed by atoms with Crippen molar-refractivity contribution in [2.24, 2.45) is 0 Å². The summed E-state index contributed by atoms with van der Waals surface area (Å²) in [6.07, 6.45) is 6.73.